The highest BCUT2D eigenvalue weighted by molar-refractivity contribution is 5.81. The van der Waals surface area contributed by atoms with E-state index in [4.69, 9.17) is 9.47 Å². The van der Waals surface area contributed by atoms with Crippen LogP contribution in [-0.2, 0) is 4.79 Å². The molecule has 3 rings (SSSR count). The molecule has 2 unspecified atom stereocenters. The lowest BCUT2D eigenvalue weighted by Gasteiger charge is -2.32. The van der Waals surface area contributed by atoms with E-state index in [0.29, 0.717) is 17.9 Å². The van der Waals surface area contributed by atoms with Crippen LogP contribution >= 0.6 is 0 Å². The molecular weight excluding hydrogens is 376 g/mol. The van der Waals surface area contributed by atoms with Crippen molar-refractivity contribution in [1.82, 2.24) is 5.32 Å². The number of methoxy groups -OCH3 is 1. The number of benzene rings is 2. The third-order valence-corrected chi connectivity index (χ3v) is 5.88. The number of ether oxygens (including phenoxy) is 2. The van der Waals surface area contributed by atoms with Gasteiger partial charge in [-0.15, -0.1) is 0 Å². The minimum Gasteiger partial charge on any atom is -0.497 e. The summed E-state index contributed by atoms with van der Waals surface area (Å²) in [6, 6.07) is 15.8. The number of hydrogen-bond donors (Lipinski definition) is 1. The fraction of sp³-hybridized carbons (Fsp3) is 0.480. The number of piperidine rings is 1. The summed E-state index contributed by atoms with van der Waals surface area (Å²) < 4.78 is 11.1. The summed E-state index contributed by atoms with van der Waals surface area (Å²) in [5.41, 5.74) is 2.35. The Hall–Kier alpha value is -2.69. The van der Waals surface area contributed by atoms with Crippen LogP contribution in [0, 0.1) is 5.92 Å². The van der Waals surface area contributed by atoms with Crippen LogP contribution in [0.2, 0.25) is 0 Å². The van der Waals surface area contributed by atoms with Crippen LogP contribution < -0.4 is 19.7 Å². The second-order valence-corrected chi connectivity index (χ2v) is 8.19. The molecule has 1 aliphatic heterocycles. The van der Waals surface area contributed by atoms with Gasteiger partial charge >= 0.3 is 0 Å². The molecule has 1 amide bonds. The second-order valence-electron chi connectivity index (χ2n) is 8.19. The standard InChI is InChI=1S/C25H34N2O3/c1-5-24(30-23-8-6-7-22(17-23)29-4)25(28)26-19(3)20-9-11-21(12-10-20)27-15-13-18(2)14-16-27/h6-12,17-19,24H,5,13-16H2,1-4H3,(H,26,28). The van der Waals surface area contributed by atoms with Gasteiger partial charge in [-0.25, -0.2) is 0 Å². The molecule has 30 heavy (non-hydrogen) atoms. The van der Waals surface area contributed by atoms with Gasteiger partial charge in [-0.2, -0.15) is 0 Å². The molecule has 1 fully saturated rings. The minimum absolute atomic E-state index is 0.0871. The Bertz CT molecular complexity index is 813. The Labute approximate surface area is 180 Å². The van der Waals surface area contributed by atoms with E-state index in [1.54, 1.807) is 13.2 Å². The number of amides is 1. The van der Waals surface area contributed by atoms with Gasteiger partial charge < -0.3 is 19.7 Å². The molecule has 0 radical (unpaired) electrons. The number of nitrogens with zero attached hydrogens (tertiary/aromatic N) is 1. The van der Waals surface area contributed by atoms with Crippen molar-refractivity contribution in [3.05, 3.63) is 54.1 Å². The summed E-state index contributed by atoms with van der Waals surface area (Å²) in [5.74, 6) is 2.05. The SMILES string of the molecule is CCC(Oc1cccc(OC)c1)C(=O)NC(C)c1ccc(N2CCC(C)CC2)cc1. The molecule has 1 N–H and O–H groups in total. The zero-order chi connectivity index (χ0) is 21.5. The average molecular weight is 411 g/mol. The number of anilines is 1. The van der Waals surface area contributed by atoms with Crippen LogP contribution in [0.4, 0.5) is 5.69 Å². The third kappa shape index (κ3) is 5.68. The Morgan fingerprint density at radius 2 is 1.80 bits per heavy atom. The Morgan fingerprint density at radius 1 is 1.13 bits per heavy atom. The van der Waals surface area contributed by atoms with Gasteiger partial charge in [0.25, 0.3) is 5.91 Å². The van der Waals surface area contributed by atoms with Crippen molar-refractivity contribution in [2.24, 2.45) is 5.92 Å². The van der Waals surface area contributed by atoms with Crippen LogP contribution in [0.25, 0.3) is 0 Å². The minimum atomic E-state index is -0.547. The lowest BCUT2D eigenvalue weighted by molar-refractivity contribution is -0.128. The van der Waals surface area contributed by atoms with Gasteiger partial charge in [0.15, 0.2) is 6.10 Å². The third-order valence-electron chi connectivity index (χ3n) is 5.88. The van der Waals surface area contributed by atoms with E-state index in [9.17, 15) is 4.79 Å². The molecule has 2 aromatic carbocycles. The van der Waals surface area contributed by atoms with Crippen LogP contribution in [0.15, 0.2) is 48.5 Å². The Kier molecular flexibility index (Phi) is 7.61. The largest absolute Gasteiger partial charge is 0.497 e. The quantitative estimate of drug-likeness (QED) is 0.668. The smallest absolute Gasteiger partial charge is 0.261 e. The number of carbonyl (C=O) groups is 1. The molecule has 5 heteroatoms. The maximum Gasteiger partial charge on any atom is 0.261 e. The van der Waals surface area contributed by atoms with Crippen molar-refractivity contribution >= 4 is 11.6 Å². The van der Waals surface area contributed by atoms with Gasteiger partial charge in [-0.3, -0.25) is 4.79 Å². The van der Waals surface area contributed by atoms with Crippen molar-refractivity contribution in [3.8, 4) is 11.5 Å². The predicted octanol–water partition coefficient (Wildman–Crippen LogP) is 4.97. The van der Waals surface area contributed by atoms with E-state index < -0.39 is 6.10 Å². The van der Waals surface area contributed by atoms with Gasteiger partial charge in [-0.05, 0) is 61.9 Å². The van der Waals surface area contributed by atoms with Crippen LogP contribution in [-0.4, -0.2) is 32.2 Å². The lowest BCUT2D eigenvalue weighted by Crippen LogP contribution is -2.39. The number of carbonyl (C=O) groups excluding carboxylic acids is 1. The topological polar surface area (TPSA) is 50.8 Å². The van der Waals surface area contributed by atoms with Crippen molar-refractivity contribution in [2.75, 3.05) is 25.1 Å². The first-order valence-electron chi connectivity index (χ1n) is 11.0. The van der Waals surface area contributed by atoms with Gasteiger partial charge in [0.2, 0.25) is 0 Å². The first-order chi connectivity index (χ1) is 14.5. The summed E-state index contributed by atoms with van der Waals surface area (Å²) in [5, 5.41) is 3.09. The summed E-state index contributed by atoms with van der Waals surface area (Å²) in [6.45, 7) is 8.52. The summed E-state index contributed by atoms with van der Waals surface area (Å²) >= 11 is 0. The molecule has 0 aliphatic carbocycles. The molecule has 0 bridgehead atoms. The van der Waals surface area contributed by atoms with Crippen LogP contribution in [0.3, 0.4) is 0 Å². The van der Waals surface area contributed by atoms with Crippen molar-refractivity contribution in [2.45, 2.75) is 52.2 Å². The average Bonchev–Trinajstić information content (AvgIpc) is 2.78. The number of nitrogens with one attached hydrogen (secondary N) is 1. The molecule has 5 nitrogen and oxygen atoms in total. The van der Waals surface area contributed by atoms with E-state index in [2.05, 4.69) is 41.4 Å². The van der Waals surface area contributed by atoms with Crippen molar-refractivity contribution < 1.29 is 14.3 Å². The van der Waals surface area contributed by atoms with E-state index in [-0.39, 0.29) is 11.9 Å². The predicted molar refractivity (Wildman–Crippen MR) is 121 cm³/mol. The molecule has 2 aromatic rings. The molecule has 0 spiro atoms. The maximum atomic E-state index is 12.8. The fourth-order valence-electron chi connectivity index (χ4n) is 3.79. The summed E-state index contributed by atoms with van der Waals surface area (Å²) in [7, 11) is 1.61. The molecule has 1 aliphatic rings. The highest BCUT2D eigenvalue weighted by Gasteiger charge is 2.21. The van der Waals surface area contributed by atoms with Crippen molar-refractivity contribution in [1.29, 1.82) is 0 Å². The molecule has 0 aromatic heterocycles. The monoisotopic (exact) mass is 410 g/mol. The first kappa shape index (κ1) is 22.0. The molecule has 2 atom stereocenters. The van der Waals surface area contributed by atoms with Gasteiger partial charge in [0.1, 0.15) is 11.5 Å². The summed E-state index contributed by atoms with van der Waals surface area (Å²) in [6.07, 6.45) is 2.54. The van der Waals surface area contributed by atoms with Gasteiger partial charge in [-0.1, -0.05) is 32.0 Å². The van der Waals surface area contributed by atoms with Crippen LogP contribution in [0.5, 0.6) is 11.5 Å². The van der Waals surface area contributed by atoms with E-state index in [1.165, 1.54) is 18.5 Å². The second kappa shape index (κ2) is 10.4. The van der Waals surface area contributed by atoms with Gasteiger partial charge in [0, 0.05) is 24.8 Å². The lowest BCUT2D eigenvalue weighted by atomic mass is 9.98. The van der Waals surface area contributed by atoms with Gasteiger partial charge in [0.05, 0.1) is 13.2 Å². The van der Waals surface area contributed by atoms with E-state index in [1.807, 2.05) is 32.0 Å². The molecular formula is C25H34N2O3. The molecule has 1 heterocycles. The Morgan fingerprint density at radius 3 is 2.43 bits per heavy atom. The van der Waals surface area contributed by atoms with Crippen molar-refractivity contribution in [3.63, 3.8) is 0 Å². The zero-order valence-electron chi connectivity index (χ0n) is 18.6. The summed E-state index contributed by atoms with van der Waals surface area (Å²) in [4.78, 5) is 15.2. The zero-order valence-corrected chi connectivity index (χ0v) is 18.6. The highest BCUT2D eigenvalue weighted by Crippen LogP contribution is 2.25. The van der Waals surface area contributed by atoms with Crippen LogP contribution in [0.1, 0.15) is 51.6 Å². The number of hydrogen-bond acceptors (Lipinski definition) is 4. The fourth-order valence-corrected chi connectivity index (χ4v) is 3.79. The normalized spacial score (nSPS) is 16.6. The highest BCUT2D eigenvalue weighted by atomic mass is 16.5. The van der Waals surface area contributed by atoms with E-state index >= 15 is 0 Å². The Balaban J connectivity index is 1.58. The molecule has 162 valence electrons. The molecule has 0 saturated carbocycles. The maximum absolute atomic E-state index is 12.8. The number of rotatable bonds is 8. The van der Waals surface area contributed by atoms with E-state index in [0.717, 1.165) is 24.6 Å². The first-order valence-corrected chi connectivity index (χ1v) is 11.0. The molecule has 1 saturated heterocycles.